The second kappa shape index (κ2) is 5.06. The maximum atomic E-state index is 9.05. The van der Waals surface area contributed by atoms with Gasteiger partial charge in [-0.25, -0.2) is 4.98 Å². The summed E-state index contributed by atoms with van der Waals surface area (Å²) in [5.41, 5.74) is 4.91. The van der Waals surface area contributed by atoms with Crippen LogP contribution in [0.25, 0.3) is 22.4 Å². The molecular formula is C18H17N3. The van der Waals surface area contributed by atoms with Gasteiger partial charge in [-0.15, -0.1) is 0 Å². The first-order valence-electron chi connectivity index (χ1n) is 7.09. The van der Waals surface area contributed by atoms with Crippen LogP contribution in [0.5, 0.6) is 0 Å². The molecule has 0 unspecified atom stereocenters. The molecule has 0 aliphatic carbocycles. The average molecular weight is 275 g/mol. The number of benzene rings is 2. The van der Waals surface area contributed by atoms with Crippen LogP contribution in [0.4, 0.5) is 0 Å². The molecule has 0 radical (unpaired) electrons. The van der Waals surface area contributed by atoms with Crippen LogP contribution in [0.2, 0.25) is 0 Å². The van der Waals surface area contributed by atoms with Crippen LogP contribution >= 0.6 is 0 Å². The first-order valence-corrected chi connectivity index (χ1v) is 7.09. The molecule has 0 bridgehead atoms. The molecule has 0 amide bonds. The van der Waals surface area contributed by atoms with Gasteiger partial charge in [-0.3, -0.25) is 0 Å². The molecule has 1 aromatic heterocycles. The summed E-state index contributed by atoms with van der Waals surface area (Å²) in [6, 6.07) is 16.5. The number of fused-ring (bicyclic) bond motifs is 1. The molecule has 2 aromatic carbocycles. The van der Waals surface area contributed by atoms with E-state index in [4.69, 9.17) is 10.2 Å². The number of imidazole rings is 1. The summed E-state index contributed by atoms with van der Waals surface area (Å²) in [5, 5.41) is 9.05. The van der Waals surface area contributed by atoms with E-state index in [-0.39, 0.29) is 0 Å². The number of rotatable bonds is 2. The van der Waals surface area contributed by atoms with E-state index in [0.29, 0.717) is 11.6 Å². The minimum Gasteiger partial charge on any atom is -0.321 e. The Labute approximate surface area is 124 Å². The third kappa shape index (κ3) is 2.30. The lowest BCUT2D eigenvalue weighted by Crippen LogP contribution is -2.03. The summed E-state index contributed by atoms with van der Waals surface area (Å²) in [7, 11) is 0. The molecule has 0 spiro atoms. The topological polar surface area (TPSA) is 41.6 Å². The molecule has 3 rings (SSSR count). The van der Waals surface area contributed by atoms with Gasteiger partial charge in [0, 0.05) is 11.6 Å². The summed E-state index contributed by atoms with van der Waals surface area (Å²) in [5.74, 6) is 0.957. The Morgan fingerprint density at radius 1 is 1.14 bits per heavy atom. The zero-order valence-corrected chi connectivity index (χ0v) is 12.5. The Bertz CT molecular complexity index is 851. The molecule has 0 aliphatic rings. The molecule has 0 aliphatic heterocycles. The Balaban J connectivity index is 2.31. The number of aryl methyl sites for hydroxylation is 1. The van der Waals surface area contributed by atoms with Crippen LogP contribution in [-0.4, -0.2) is 9.55 Å². The molecule has 3 nitrogen and oxygen atoms in total. The van der Waals surface area contributed by atoms with Crippen molar-refractivity contribution >= 4 is 11.0 Å². The minimum atomic E-state index is 0.304. The molecular weight excluding hydrogens is 258 g/mol. The number of hydrogen-bond acceptors (Lipinski definition) is 2. The van der Waals surface area contributed by atoms with Gasteiger partial charge >= 0.3 is 0 Å². The Morgan fingerprint density at radius 3 is 2.62 bits per heavy atom. The molecule has 0 atom stereocenters. The van der Waals surface area contributed by atoms with E-state index in [1.54, 1.807) is 0 Å². The lowest BCUT2D eigenvalue weighted by atomic mass is 10.1. The van der Waals surface area contributed by atoms with Crippen LogP contribution in [-0.2, 0) is 0 Å². The highest BCUT2D eigenvalue weighted by molar-refractivity contribution is 5.82. The van der Waals surface area contributed by atoms with Crippen molar-refractivity contribution in [2.45, 2.75) is 26.8 Å². The molecule has 0 N–H and O–H groups in total. The van der Waals surface area contributed by atoms with E-state index < -0.39 is 0 Å². The van der Waals surface area contributed by atoms with Gasteiger partial charge in [-0.2, -0.15) is 5.26 Å². The second-order valence-corrected chi connectivity index (χ2v) is 5.58. The van der Waals surface area contributed by atoms with E-state index in [2.05, 4.69) is 55.7 Å². The minimum absolute atomic E-state index is 0.304. The summed E-state index contributed by atoms with van der Waals surface area (Å²) < 4.78 is 2.23. The molecule has 0 saturated heterocycles. The molecule has 0 fully saturated rings. The molecule has 21 heavy (non-hydrogen) atoms. The van der Waals surface area contributed by atoms with Crippen molar-refractivity contribution in [3.63, 3.8) is 0 Å². The van der Waals surface area contributed by atoms with Crippen LogP contribution in [0.15, 0.2) is 42.5 Å². The quantitative estimate of drug-likeness (QED) is 0.692. The lowest BCUT2D eigenvalue weighted by molar-refractivity contribution is 0.624. The van der Waals surface area contributed by atoms with E-state index in [0.717, 1.165) is 22.4 Å². The van der Waals surface area contributed by atoms with E-state index in [1.807, 2.05) is 18.2 Å². The predicted octanol–water partition coefficient (Wildman–Crippen LogP) is 4.46. The van der Waals surface area contributed by atoms with Crippen LogP contribution in [0.3, 0.4) is 0 Å². The smallest absolute Gasteiger partial charge is 0.141 e. The zero-order chi connectivity index (χ0) is 15.0. The normalized spacial score (nSPS) is 11.0. The van der Waals surface area contributed by atoms with Gasteiger partial charge in [-0.05, 0) is 45.0 Å². The highest BCUT2D eigenvalue weighted by atomic mass is 15.1. The Kier molecular flexibility index (Phi) is 3.23. The second-order valence-electron chi connectivity index (χ2n) is 5.58. The van der Waals surface area contributed by atoms with Gasteiger partial charge in [0.1, 0.15) is 5.82 Å². The van der Waals surface area contributed by atoms with Gasteiger partial charge in [0.2, 0.25) is 0 Å². The maximum Gasteiger partial charge on any atom is 0.141 e. The number of aromatic nitrogens is 2. The van der Waals surface area contributed by atoms with Crippen molar-refractivity contribution < 1.29 is 0 Å². The SMILES string of the molecule is Cc1cccc(-c2nc3cc(C#N)ccc3n2C(C)C)c1. The summed E-state index contributed by atoms with van der Waals surface area (Å²) in [6.07, 6.45) is 0. The predicted molar refractivity (Wildman–Crippen MR) is 85.0 cm³/mol. The molecule has 104 valence electrons. The van der Waals surface area contributed by atoms with Gasteiger partial charge in [-0.1, -0.05) is 23.8 Å². The third-order valence-corrected chi connectivity index (χ3v) is 3.61. The van der Waals surface area contributed by atoms with E-state index in [9.17, 15) is 0 Å². The van der Waals surface area contributed by atoms with Crippen LogP contribution in [0, 0.1) is 18.3 Å². The molecule has 3 aromatic rings. The van der Waals surface area contributed by atoms with Gasteiger partial charge < -0.3 is 4.57 Å². The average Bonchev–Trinajstić information content (AvgIpc) is 2.85. The molecule has 0 saturated carbocycles. The van der Waals surface area contributed by atoms with Crippen molar-refractivity contribution in [1.29, 1.82) is 5.26 Å². The van der Waals surface area contributed by atoms with Crippen molar-refractivity contribution in [3.8, 4) is 17.5 Å². The van der Waals surface area contributed by atoms with E-state index >= 15 is 0 Å². The maximum absolute atomic E-state index is 9.05. The standard InChI is InChI=1S/C18H17N3/c1-12(2)21-17-8-7-14(11-19)10-16(17)20-18(21)15-6-4-5-13(3)9-15/h4-10,12H,1-3H3. The van der Waals surface area contributed by atoms with Gasteiger partial charge in [0.15, 0.2) is 0 Å². The van der Waals surface area contributed by atoms with Crippen molar-refractivity contribution in [2.24, 2.45) is 0 Å². The highest BCUT2D eigenvalue weighted by Gasteiger charge is 2.15. The fourth-order valence-electron chi connectivity index (χ4n) is 2.68. The van der Waals surface area contributed by atoms with E-state index in [1.165, 1.54) is 5.56 Å². The zero-order valence-electron chi connectivity index (χ0n) is 12.5. The number of hydrogen-bond donors (Lipinski definition) is 0. The van der Waals surface area contributed by atoms with Crippen molar-refractivity contribution in [2.75, 3.05) is 0 Å². The van der Waals surface area contributed by atoms with Gasteiger partial charge in [0.25, 0.3) is 0 Å². The number of nitrogens with zero attached hydrogens (tertiary/aromatic N) is 3. The van der Waals surface area contributed by atoms with Crippen LogP contribution in [0.1, 0.15) is 31.0 Å². The Hall–Kier alpha value is -2.60. The highest BCUT2D eigenvalue weighted by Crippen LogP contribution is 2.29. The first kappa shape index (κ1) is 13.4. The van der Waals surface area contributed by atoms with Crippen molar-refractivity contribution in [1.82, 2.24) is 9.55 Å². The third-order valence-electron chi connectivity index (χ3n) is 3.61. The summed E-state index contributed by atoms with van der Waals surface area (Å²) >= 11 is 0. The summed E-state index contributed by atoms with van der Waals surface area (Å²) in [4.78, 5) is 4.77. The Morgan fingerprint density at radius 2 is 1.95 bits per heavy atom. The first-order chi connectivity index (χ1) is 10.1. The van der Waals surface area contributed by atoms with Crippen molar-refractivity contribution in [3.05, 3.63) is 53.6 Å². The summed E-state index contributed by atoms with van der Waals surface area (Å²) in [6.45, 7) is 6.39. The number of nitriles is 1. The largest absolute Gasteiger partial charge is 0.321 e. The van der Waals surface area contributed by atoms with Gasteiger partial charge in [0.05, 0.1) is 22.7 Å². The lowest BCUT2D eigenvalue weighted by Gasteiger charge is -2.13. The molecule has 3 heteroatoms. The molecule has 1 heterocycles. The monoisotopic (exact) mass is 275 g/mol. The fraction of sp³-hybridized carbons (Fsp3) is 0.222. The van der Waals surface area contributed by atoms with Crippen LogP contribution < -0.4 is 0 Å². The fourth-order valence-corrected chi connectivity index (χ4v) is 2.68.